The second-order valence-electron chi connectivity index (χ2n) is 16.1. The van der Waals surface area contributed by atoms with Crippen molar-refractivity contribution in [1.82, 2.24) is 0 Å². The van der Waals surface area contributed by atoms with Crippen molar-refractivity contribution in [2.24, 2.45) is 0 Å². The van der Waals surface area contributed by atoms with Gasteiger partial charge in [0.25, 0.3) is 8.32 Å². The van der Waals surface area contributed by atoms with Crippen molar-refractivity contribution >= 4 is 16.6 Å². The molecule has 3 aromatic rings. The van der Waals surface area contributed by atoms with E-state index >= 15 is 0 Å². The van der Waals surface area contributed by atoms with Gasteiger partial charge in [0.2, 0.25) is 6.04 Å². The Balaban J connectivity index is 2.10. The van der Waals surface area contributed by atoms with E-state index in [9.17, 15) is 10.1 Å². The Kier molecular flexibility index (Phi) is 12.8. The minimum atomic E-state index is -2.45. The van der Waals surface area contributed by atoms with E-state index in [-0.39, 0.29) is 21.4 Å². The Bertz CT molecular complexity index is 1580. The van der Waals surface area contributed by atoms with E-state index in [1.54, 1.807) is 14.2 Å². The molecule has 0 N–H and O–H groups in total. The molecular weight excluding hydrogens is 651 g/mol. The van der Waals surface area contributed by atoms with Crippen LogP contribution >= 0.6 is 0 Å². The first-order chi connectivity index (χ1) is 22.6. The minimum Gasteiger partial charge on any atom is -0.541 e. The number of rotatable bonds is 15. The lowest BCUT2D eigenvalue weighted by Crippen LogP contribution is -2.50. The van der Waals surface area contributed by atoms with E-state index in [1.165, 1.54) is 0 Å². The summed E-state index contributed by atoms with van der Waals surface area (Å²) in [6, 6.07) is 16.4. The molecule has 2 atom stereocenters. The third-order valence-electron chi connectivity index (χ3n) is 10.5. The summed E-state index contributed by atoms with van der Waals surface area (Å²) in [5, 5.41) is 12.9. The van der Waals surface area contributed by atoms with Crippen LogP contribution in [0.25, 0.3) is 0 Å². The van der Waals surface area contributed by atoms with Crippen molar-refractivity contribution in [3.8, 4) is 23.0 Å². The van der Waals surface area contributed by atoms with Crippen LogP contribution in [0, 0.1) is 24.0 Å². The highest BCUT2D eigenvalue weighted by molar-refractivity contribution is 6.75. The summed E-state index contributed by atoms with van der Waals surface area (Å²) in [6.07, 6.45) is -0.168. The summed E-state index contributed by atoms with van der Waals surface area (Å²) in [5.41, 5.74) is 4.71. The number of nitro groups is 1. The van der Waals surface area contributed by atoms with Gasteiger partial charge in [0, 0.05) is 17.8 Å². The lowest BCUT2D eigenvalue weighted by molar-refractivity contribution is -0.532. The quantitative estimate of drug-likeness (QED) is 0.0882. The van der Waals surface area contributed by atoms with Crippen molar-refractivity contribution in [1.29, 1.82) is 0 Å². The van der Waals surface area contributed by atoms with Crippen LogP contribution in [0.1, 0.15) is 69.4 Å². The zero-order chi connectivity index (χ0) is 36.9. The van der Waals surface area contributed by atoms with Gasteiger partial charge in [-0.25, -0.2) is 0 Å². The van der Waals surface area contributed by atoms with Gasteiger partial charge >= 0.3 is 0 Å². The molecule has 0 saturated heterocycles. The van der Waals surface area contributed by atoms with Gasteiger partial charge in [0.1, 0.15) is 18.5 Å². The van der Waals surface area contributed by atoms with E-state index in [4.69, 9.17) is 23.1 Å². The molecule has 0 saturated carbocycles. The highest BCUT2D eigenvalue weighted by Gasteiger charge is 2.45. The van der Waals surface area contributed by atoms with Gasteiger partial charge in [-0.1, -0.05) is 77.9 Å². The molecule has 0 aromatic heterocycles. The molecular formula is C39H59NO7Si2. The maximum absolute atomic E-state index is 13.1. The van der Waals surface area contributed by atoms with Gasteiger partial charge in [0.15, 0.2) is 25.6 Å². The molecule has 3 rings (SSSR count). The van der Waals surface area contributed by atoms with Gasteiger partial charge in [-0.3, -0.25) is 10.1 Å². The first kappa shape index (κ1) is 40.1. The third-order valence-corrected chi connectivity index (χ3v) is 19.3. The highest BCUT2D eigenvalue weighted by atomic mass is 28.4. The fraction of sp³-hybridized carbons (Fsp3) is 0.538. The Morgan fingerprint density at radius 3 is 1.88 bits per heavy atom. The monoisotopic (exact) mass is 709 g/mol. The topological polar surface area (TPSA) is 89.3 Å². The molecule has 0 heterocycles. The molecule has 0 aliphatic rings. The number of aryl methyl sites for hydroxylation is 1. The molecule has 10 heteroatoms. The number of nitrogens with zero attached hydrogens (tertiary/aromatic N) is 1. The summed E-state index contributed by atoms with van der Waals surface area (Å²) in [7, 11) is -1.44. The predicted molar refractivity (Wildman–Crippen MR) is 204 cm³/mol. The summed E-state index contributed by atoms with van der Waals surface area (Å²) in [6.45, 7) is 26.3. The van der Waals surface area contributed by atoms with E-state index < -0.39 is 28.8 Å². The number of hydrogen-bond acceptors (Lipinski definition) is 7. The molecule has 0 bridgehead atoms. The molecule has 270 valence electrons. The van der Waals surface area contributed by atoms with Crippen molar-refractivity contribution < 1.29 is 28.0 Å². The smallest absolute Gasteiger partial charge is 0.250 e. The third kappa shape index (κ3) is 9.89. The Hall–Kier alpha value is -3.35. The maximum Gasteiger partial charge on any atom is 0.250 e. The fourth-order valence-electron chi connectivity index (χ4n) is 5.26. The largest absolute Gasteiger partial charge is 0.541 e. The van der Waals surface area contributed by atoms with E-state index in [2.05, 4.69) is 67.7 Å². The molecule has 3 aromatic carbocycles. The molecule has 49 heavy (non-hydrogen) atoms. The zero-order valence-corrected chi connectivity index (χ0v) is 34.3. The van der Waals surface area contributed by atoms with Crippen LogP contribution in [0.5, 0.6) is 23.0 Å². The molecule has 0 fully saturated rings. The average Bonchev–Trinajstić information content (AvgIpc) is 3.00. The van der Waals surface area contributed by atoms with E-state index in [0.717, 1.165) is 27.8 Å². The second kappa shape index (κ2) is 15.7. The van der Waals surface area contributed by atoms with Crippen molar-refractivity contribution in [2.45, 2.75) is 123 Å². The molecule has 0 aliphatic heterocycles. The number of methoxy groups -OCH3 is 2. The summed E-state index contributed by atoms with van der Waals surface area (Å²) in [5.74, 6) is 2.51. The average molecular weight is 710 g/mol. The Labute approximate surface area is 296 Å². The van der Waals surface area contributed by atoms with Gasteiger partial charge < -0.3 is 23.1 Å². The van der Waals surface area contributed by atoms with Crippen LogP contribution in [0.3, 0.4) is 0 Å². The van der Waals surface area contributed by atoms with Crippen LogP contribution < -0.4 is 18.6 Å². The molecule has 0 radical (unpaired) electrons. The van der Waals surface area contributed by atoms with Crippen molar-refractivity contribution in [3.63, 3.8) is 0 Å². The standard InChI is InChI=1S/C39H59NO7Si2/c1-27-22-36(44-10)37(47-49(13,14)39(6,7)8)28(2)31(27)25-34(46-48(11,12)38(3,4)5)32(40(41)42)23-30-20-21-33(43-9)35(24-30)45-26-29-18-16-15-17-19-29/h15-22,24,32,34H,23,25-26H2,1-14H3/t32-,34-/m1/s1. The number of ether oxygens (including phenoxy) is 3. The Morgan fingerprint density at radius 2 is 1.35 bits per heavy atom. The molecule has 0 aliphatic carbocycles. The lowest BCUT2D eigenvalue weighted by Gasteiger charge is -2.40. The zero-order valence-electron chi connectivity index (χ0n) is 32.3. The van der Waals surface area contributed by atoms with Crippen LogP contribution in [-0.2, 0) is 23.9 Å². The number of hydrogen-bond donors (Lipinski definition) is 0. The summed E-state index contributed by atoms with van der Waals surface area (Å²) >= 11 is 0. The minimum absolute atomic E-state index is 0.0256. The van der Waals surface area contributed by atoms with Gasteiger partial charge in [-0.05, 0) is 96.1 Å². The van der Waals surface area contributed by atoms with E-state index in [0.29, 0.717) is 36.0 Å². The molecule has 8 nitrogen and oxygen atoms in total. The second-order valence-corrected chi connectivity index (χ2v) is 25.6. The lowest BCUT2D eigenvalue weighted by atomic mass is 9.91. The van der Waals surface area contributed by atoms with Crippen molar-refractivity contribution in [3.05, 3.63) is 92.5 Å². The Morgan fingerprint density at radius 1 is 0.755 bits per heavy atom. The van der Waals surface area contributed by atoms with Crippen LogP contribution in [0.2, 0.25) is 36.3 Å². The molecule has 0 unspecified atom stereocenters. The first-order valence-electron chi connectivity index (χ1n) is 17.1. The van der Waals surface area contributed by atoms with Crippen LogP contribution in [0.15, 0.2) is 54.6 Å². The van der Waals surface area contributed by atoms with Gasteiger partial charge in [-0.2, -0.15) is 0 Å². The van der Waals surface area contributed by atoms with Crippen molar-refractivity contribution in [2.75, 3.05) is 14.2 Å². The number of benzene rings is 3. The SMILES string of the molecule is COc1ccc(C[C@H]([C@@H](Cc2c(C)cc(OC)c(O[Si](C)(C)C(C)(C)C)c2C)O[Si](C)(C)C(C)(C)C)[N+](=O)[O-])cc1OCc1ccccc1. The molecule has 0 spiro atoms. The normalized spacial score (nSPS) is 13.8. The summed E-state index contributed by atoms with van der Waals surface area (Å²) < 4.78 is 31.5. The first-order valence-corrected chi connectivity index (χ1v) is 22.9. The molecule has 0 amide bonds. The van der Waals surface area contributed by atoms with Crippen LogP contribution in [0.4, 0.5) is 0 Å². The van der Waals surface area contributed by atoms with Gasteiger partial charge in [0.05, 0.1) is 14.2 Å². The predicted octanol–water partition coefficient (Wildman–Crippen LogP) is 10.1. The fourth-order valence-corrected chi connectivity index (χ4v) is 7.68. The maximum atomic E-state index is 13.1. The highest BCUT2D eigenvalue weighted by Crippen LogP contribution is 2.44. The van der Waals surface area contributed by atoms with Crippen LogP contribution in [-0.4, -0.2) is 47.9 Å². The van der Waals surface area contributed by atoms with Gasteiger partial charge in [-0.15, -0.1) is 0 Å². The van der Waals surface area contributed by atoms with E-state index in [1.807, 2.05) is 68.4 Å². The summed E-state index contributed by atoms with van der Waals surface area (Å²) in [4.78, 5) is 12.9.